The van der Waals surface area contributed by atoms with E-state index in [-0.39, 0.29) is 10.8 Å². The van der Waals surface area contributed by atoms with Gasteiger partial charge in [0, 0.05) is 21.2 Å². The number of hydrogen-bond acceptors (Lipinski definition) is 1. The molecule has 0 spiro atoms. The fourth-order valence-electron chi connectivity index (χ4n) is 6.97. The number of hydrogen-bond donors (Lipinski definition) is 0. The lowest BCUT2D eigenvalue weighted by molar-refractivity contribution is -0.659. The molecule has 1 aliphatic heterocycles. The van der Waals surface area contributed by atoms with E-state index in [0.29, 0.717) is 5.92 Å². The van der Waals surface area contributed by atoms with E-state index >= 15 is 0 Å². The summed E-state index contributed by atoms with van der Waals surface area (Å²) in [7, 11) is 2.23. The molecule has 4 aromatic carbocycles. The van der Waals surface area contributed by atoms with Crippen molar-refractivity contribution in [3.05, 3.63) is 77.0 Å². The van der Waals surface area contributed by atoms with Gasteiger partial charge in [-0.3, -0.25) is 0 Å². The van der Waals surface area contributed by atoms with E-state index in [2.05, 4.69) is 129 Å². The van der Waals surface area contributed by atoms with Crippen LogP contribution in [-0.4, -0.2) is 0 Å². The van der Waals surface area contributed by atoms with Crippen LogP contribution in [0.5, 0.6) is 0 Å². The summed E-state index contributed by atoms with van der Waals surface area (Å²) < 4.78 is 2.38. The van der Waals surface area contributed by atoms with Crippen molar-refractivity contribution < 1.29 is 4.57 Å². The van der Waals surface area contributed by atoms with Crippen molar-refractivity contribution in [2.75, 3.05) is 0 Å². The predicted octanol–water partition coefficient (Wildman–Crippen LogP) is 10.8. The molecule has 0 saturated carbocycles. The third kappa shape index (κ3) is 5.18. The Morgan fingerprint density at radius 2 is 1.44 bits per heavy atom. The number of aromatic nitrogens is 1. The topological polar surface area (TPSA) is 3.88 Å². The number of rotatable bonds is 4. The summed E-state index contributed by atoms with van der Waals surface area (Å²) >= 11 is 2.02. The summed E-state index contributed by atoms with van der Waals surface area (Å²) in [5.41, 5.74) is 9.06. The highest BCUT2D eigenvalue weighted by Crippen LogP contribution is 2.53. The second kappa shape index (κ2) is 9.87. The molecule has 0 saturated heterocycles. The molecule has 0 atom stereocenters. The molecular formula is C39H46NS+. The Balaban J connectivity index is 1.69. The Morgan fingerprint density at radius 1 is 0.756 bits per heavy atom. The largest absolute Gasteiger partial charge is 0.222 e. The summed E-state index contributed by atoms with van der Waals surface area (Å²) in [5.74, 6) is 0.644. The van der Waals surface area contributed by atoms with Crippen LogP contribution < -0.4 is 4.57 Å². The lowest BCUT2D eigenvalue weighted by atomic mass is 9.82. The van der Waals surface area contributed by atoms with Gasteiger partial charge in [-0.25, -0.2) is 4.57 Å². The van der Waals surface area contributed by atoms with E-state index in [1.54, 1.807) is 0 Å². The highest BCUT2D eigenvalue weighted by Gasteiger charge is 2.33. The van der Waals surface area contributed by atoms with E-state index in [1.165, 1.54) is 75.6 Å². The summed E-state index contributed by atoms with van der Waals surface area (Å²) in [6.45, 7) is 21.1. The van der Waals surface area contributed by atoms with Crippen LogP contribution >= 0.6 is 11.8 Å². The summed E-state index contributed by atoms with van der Waals surface area (Å²) in [6, 6.07) is 19.3. The Bertz CT molecular complexity index is 1840. The minimum absolute atomic E-state index is 0.187. The van der Waals surface area contributed by atoms with Gasteiger partial charge in [0.15, 0.2) is 6.20 Å². The van der Waals surface area contributed by atoms with Gasteiger partial charge in [0.1, 0.15) is 7.05 Å². The van der Waals surface area contributed by atoms with Gasteiger partial charge in [0.2, 0.25) is 5.69 Å². The molecule has 0 radical (unpaired) electrons. The molecule has 2 heteroatoms. The fourth-order valence-corrected chi connectivity index (χ4v) is 8.34. The molecule has 0 bridgehead atoms. The molecule has 0 amide bonds. The van der Waals surface area contributed by atoms with Gasteiger partial charge >= 0.3 is 0 Å². The highest BCUT2D eigenvalue weighted by atomic mass is 32.2. The minimum atomic E-state index is 0.187. The maximum Gasteiger partial charge on any atom is 0.222 e. The van der Waals surface area contributed by atoms with E-state index < -0.39 is 0 Å². The second-order valence-electron chi connectivity index (χ2n) is 15.4. The molecule has 0 unspecified atom stereocenters. The molecule has 0 N–H and O–H groups in total. The van der Waals surface area contributed by atoms with Gasteiger partial charge < -0.3 is 0 Å². The fraction of sp³-hybridized carbons (Fsp3) is 0.410. The summed E-state index contributed by atoms with van der Waals surface area (Å²) in [6.07, 6.45) is 5.54. The normalized spacial score (nSPS) is 13.5. The first kappa shape index (κ1) is 28.3. The van der Waals surface area contributed by atoms with Crippen LogP contribution in [0.1, 0.15) is 77.6 Å². The van der Waals surface area contributed by atoms with E-state index in [0.717, 1.165) is 19.3 Å². The zero-order valence-electron chi connectivity index (χ0n) is 26.8. The third-order valence-electron chi connectivity index (χ3n) is 8.49. The molecule has 6 rings (SSSR count). The SMILES string of the molecule is Cc1c2c(c(CC(C)(C)C)c3ccc(CC(C)C)cc13)Sc1cc3cc(CC(C)(C)C)ccc3c3cc[n+](C)c-2c13. The Kier molecular flexibility index (Phi) is 6.81. The molecule has 5 aromatic rings. The number of aryl methyl sites for hydroxylation is 2. The molecule has 1 aliphatic rings. The molecular weight excluding hydrogens is 515 g/mol. The molecule has 1 aromatic heterocycles. The van der Waals surface area contributed by atoms with Gasteiger partial charge in [-0.05, 0) is 92.8 Å². The van der Waals surface area contributed by atoms with Crippen LogP contribution in [0.3, 0.4) is 0 Å². The monoisotopic (exact) mass is 560 g/mol. The maximum absolute atomic E-state index is 2.49. The molecule has 41 heavy (non-hydrogen) atoms. The third-order valence-corrected chi connectivity index (χ3v) is 9.68. The van der Waals surface area contributed by atoms with Crippen LogP contribution in [-0.2, 0) is 26.3 Å². The van der Waals surface area contributed by atoms with Gasteiger partial charge in [0.05, 0.1) is 10.9 Å². The Morgan fingerprint density at radius 3 is 2.12 bits per heavy atom. The zero-order chi connectivity index (χ0) is 29.4. The maximum atomic E-state index is 2.49. The van der Waals surface area contributed by atoms with Crippen LogP contribution in [0.2, 0.25) is 0 Å². The smallest absolute Gasteiger partial charge is 0.200 e. The first-order valence-electron chi connectivity index (χ1n) is 15.3. The van der Waals surface area contributed by atoms with Crippen molar-refractivity contribution in [1.82, 2.24) is 0 Å². The van der Waals surface area contributed by atoms with Crippen molar-refractivity contribution in [1.29, 1.82) is 0 Å². The lowest BCUT2D eigenvalue weighted by Gasteiger charge is -2.28. The number of pyridine rings is 1. The van der Waals surface area contributed by atoms with Crippen LogP contribution in [0.4, 0.5) is 0 Å². The van der Waals surface area contributed by atoms with Gasteiger partial charge in [0.25, 0.3) is 0 Å². The van der Waals surface area contributed by atoms with E-state index in [4.69, 9.17) is 0 Å². The number of nitrogens with zero attached hydrogens (tertiary/aromatic N) is 1. The van der Waals surface area contributed by atoms with E-state index in [9.17, 15) is 0 Å². The number of benzene rings is 4. The number of fused-ring (bicyclic) bond motifs is 5. The van der Waals surface area contributed by atoms with Crippen molar-refractivity contribution in [3.8, 4) is 11.3 Å². The highest BCUT2D eigenvalue weighted by molar-refractivity contribution is 8.00. The zero-order valence-corrected chi connectivity index (χ0v) is 27.6. The van der Waals surface area contributed by atoms with Crippen molar-refractivity contribution >= 4 is 44.1 Å². The van der Waals surface area contributed by atoms with Gasteiger partial charge in [-0.1, -0.05) is 104 Å². The molecule has 0 fully saturated rings. The van der Waals surface area contributed by atoms with Gasteiger partial charge in [-0.15, -0.1) is 0 Å². The average molecular weight is 561 g/mol. The van der Waals surface area contributed by atoms with Crippen molar-refractivity contribution in [2.24, 2.45) is 23.8 Å². The molecule has 2 heterocycles. The van der Waals surface area contributed by atoms with E-state index in [1.807, 2.05) is 11.8 Å². The Labute approximate surface area is 251 Å². The summed E-state index contributed by atoms with van der Waals surface area (Å²) in [4.78, 5) is 2.85. The molecule has 0 aliphatic carbocycles. The molecule has 212 valence electrons. The van der Waals surface area contributed by atoms with Crippen LogP contribution in [0.25, 0.3) is 43.6 Å². The summed E-state index contributed by atoms with van der Waals surface area (Å²) in [5, 5.41) is 8.36. The van der Waals surface area contributed by atoms with Crippen LogP contribution in [0, 0.1) is 23.7 Å². The second-order valence-corrected chi connectivity index (χ2v) is 16.4. The quantitative estimate of drug-likeness (QED) is 0.153. The standard InChI is InChI=1S/C39H46NS/c1-23(2)17-25-11-14-29-31(19-25)24(3)34-36-35-30(15-16-40(36)10)28-13-12-26(21-38(4,5)6)18-27(28)20-33(35)41-37(34)32(29)22-39(7,8)9/h11-16,18-20,23H,17,21-22H2,1-10H3/q+1. The Hall–Kier alpha value is -2.84. The predicted molar refractivity (Wildman–Crippen MR) is 179 cm³/mol. The van der Waals surface area contributed by atoms with Crippen LogP contribution in [0.15, 0.2) is 64.5 Å². The first-order chi connectivity index (χ1) is 19.2. The van der Waals surface area contributed by atoms with Gasteiger partial charge in [-0.2, -0.15) is 0 Å². The minimum Gasteiger partial charge on any atom is -0.200 e. The van der Waals surface area contributed by atoms with Crippen molar-refractivity contribution in [2.45, 2.75) is 91.4 Å². The average Bonchev–Trinajstić information content (AvgIpc) is 2.85. The van der Waals surface area contributed by atoms with Crippen molar-refractivity contribution in [3.63, 3.8) is 0 Å². The molecule has 1 nitrogen and oxygen atoms in total. The lowest BCUT2D eigenvalue weighted by Crippen LogP contribution is -2.32. The first-order valence-corrected chi connectivity index (χ1v) is 16.2.